The van der Waals surface area contributed by atoms with Gasteiger partial charge >= 0.3 is 0 Å². The second-order valence-corrected chi connectivity index (χ2v) is 5.85. The van der Waals surface area contributed by atoms with Crippen LogP contribution < -0.4 is 5.32 Å². The van der Waals surface area contributed by atoms with Gasteiger partial charge in [-0.05, 0) is 42.9 Å². The van der Waals surface area contributed by atoms with Crippen LogP contribution in [0.4, 0.5) is 0 Å². The lowest BCUT2D eigenvalue weighted by Gasteiger charge is -2.39. The topological polar surface area (TPSA) is 24.9 Å². The fraction of sp³-hybridized carbons (Fsp3) is 0.667. The summed E-state index contributed by atoms with van der Waals surface area (Å²) in [5.41, 5.74) is 1.79. The number of pyridine rings is 1. The van der Waals surface area contributed by atoms with Gasteiger partial charge in [-0.25, -0.2) is 0 Å². The minimum Gasteiger partial charge on any atom is -0.313 e. The van der Waals surface area contributed by atoms with Crippen LogP contribution >= 0.6 is 0 Å². The molecule has 1 heterocycles. The molecule has 1 saturated carbocycles. The average Bonchev–Trinajstić information content (AvgIpc) is 2.32. The quantitative estimate of drug-likeness (QED) is 0.862. The van der Waals surface area contributed by atoms with E-state index in [1.54, 1.807) is 0 Å². The molecule has 1 aromatic rings. The summed E-state index contributed by atoms with van der Waals surface area (Å²) >= 11 is 0. The Kier molecular flexibility index (Phi) is 4.16. The second kappa shape index (κ2) is 5.63. The molecule has 1 fully saturated rings. The summed E-state index contributed by atoms with van der Waals surface area (Å²) in [5, 5.41) is 3.73. The molecule has 0 saturated heterocycles. The van der Waals surface area contributed by atoms with Crippen molar-refractivity contribution < 1.29 is 0 Å². The van der Waals surface area contributed by atoms with E-state index in [4.69, 9.17) is 0 Å². The largest absolute Gasteiger partial charge is 0.313 e. The lowest BCUT2D eigenvalue weighted by atomic mass is 9.73. The number of nitrogens with zero attached hydrogens (tertiary/aromatic N) is 1. The van der Waals surface area contributed by atoms with Gasteiger partial charge in [0.15, 0.2) is 0 Å². The van der Waals surface area contributed by atoms with Gasteiger partial charge in [-0.1, -0.05) is 32.8 Å². The molecule has 0 amide bonds. The Bertz CT molecular complexity index is 332. The van der Waals surface area contributed by atoms with Crippen LogP contribution in [-0.2, 0) is 6.42 Å². The zero-order valence-corrected chi connectivity index (χ0v) is 11.1. The summed E-state index contributed by atoms with van der Waals surface area (Å²) in [4.78, 5) is 4.15. The van der Waals surface area contributed by atoms with Crippen LogP contribution in [-0.4, -0.2) is 17.6 Å². The maximum absolute atomic E-state index is 4.15. The summed E-state index contributed by atoms with van der Waals surface area (Å²) < 4.78 is 0. The molecule has 0 bridgehead atoms. The summed E-state index contributed by atoms with van der Waals surface area (Å²) in [6.07, 6.45) is 10.4. The van der Waals surface area contributed by atoms with Crippen molar-refractivity contribution in [2.75, 3.05) is 6.54 Å². The van der Waals surface area contributed by atoms with Gasteiger partial charge in [-0.15, -0.1) is 0 Å². The highest BCUT2D eigenvalue weighted by atomic mass is 14.9. The Hall–Kier alpha value is -0.890. The number of rotatable bonds is 4. The molecule has 0 spiro atoms. The van der Waals surface area contributed by atoms with Crippen molar-refractivity contribution >= 4 is 0 Å². The van der Waals surface area contributed by atoms with E-state index >= 15 is 0 Å². The zero-order valence-electron chi connectivity index (χ0n) is 11.1. The predicted molar refractivity (Wildman–Crippen MR) is 72.0 cm³/mol. The molecule has 1 aliphatic rings. The van der Waals surface area contributed by atoms with Gasteiger partial charge in [0.2, 0.25) is 0 Å². The van der Waals surface area contributed by atoms with Crippen LogP contribution in [0.5, 0.6) is 0 Å². The van der Waals surface area contributed by atoms with E-state index in [0.29, 0.717) is 11.5 Å². The third kappa shape index (κ3) is 3.53. The van der Waals surface area contributed by atoms with Gasteiger partial charge in [0.25, 0.3) is 0 Å². The highest BCUT2D eigenvalue weighted by Gasteiger charge is 2.31. The third-order valence-corrected chi connectivity index (χ3v) is 4.03. The van der Waals surface area contributed by atoms with Gasteiger partial charge in [-0.2, -0.15) is 0 Å². The highest BCUT2D eigenvalue weighted by molar-refractivity contribution is 5.08. The molecule has 0 aliphatic heterocycles. The molecular formula is C15H24N2. The Morgan fingerprint density at radius 2 is 2.29 bits per heavy atom. The fourth-order valence-electron chi connectivity index (χ4n) is 2.81. The van der Waals surface area contributed by atoms with Crippen molar-refractivity contribution in [3.8, 4) is 0 Å². The van der Waals surface area contributed by atoms with Crippen molar-refractivity contribution in [3.05, 3.63) is 30.1 Å². The normalized spacial score (nSPS) is 23.5. The summed E-state index contributed by atoms with van der Waals surface area (Å²) in [6.45, 7) is 5.86. The predicted octanol–water partition coefficient (Wildman–Crippen LogP) is 3.18. The van der Waals surface area contributed by atoms with E-state index in [0.717, 1.165) is 13.0 Å². The van der Waals surface area contributed by atoms with Crippen LogP contribution in [0.3, 0.4) is 0 Å². The summed E-state index contributed by atoms with van der Waals surface area (Å²) in [6, 6.07) is 4.86. The number of aromatic nitrogens is 1. The van der Waals surface area contributed by atoms with E-state index in [1.807, 2.05) is 18.5 Å². The molecule has 0 radical (unpaired) electrons. The Balaban J connectivity index is 1.78. The van der Waals surface area contributed by atoms with Crippen molar-refractivity contribution in [1.29, 1.82) is 0 Å². The molecule has 1 aromatic heterocycles. The Morgan fingerprint density at radius 1 is 1.41 bits per heavy atom. The molecule has 2 heteroatoms. The minimum atomic E-state index is 0.465. The smallest absolute Gasteiger partial charge is 0.0300 e. The lowest BCUT2D eigenvalue weighted by Crippen LogP contribution is -2.44. The first-order valence-corrected chi connectivity index (χ1v) is 6.81. The molecular weight excluding hydrogens is 208 g/mol. The molecule has 1 atom stereocenters. The maximum Gasteiger partial charge on any atom is 0.0300 e. The van der Waals surface area contributed by atoms with Crippen molar-refractivity contribution in [1.82, 2.24) is 10.3 Å². The summed E-state index contributed by atoms with van der Waals surface area (Å²) in [5.74, 6) is 0. The number of nitrogens with one attached hydrogen (secondary N) is 1. The van der Waals surface area contributed by atoms with E-state index in [2.05, 4.69) is 30.2 Å². The first kappa shape index (κ1) is 12.6. The van der Waals surface area contributed by atoms with Crippen LogP contribution in [0.2, 0.25) is 0 Å². The highest BCUT2D eigenvalue weighted by Crippen LogP contribution is 2.35. The van der Waals surface area contributed by atoms with E-state index in [1.165, 1.54) is 31.2 Å². The molecule has 2 rings (SSSR count). The average molecular weight is 232 g/mol. The summed E-state index contributed by atoms with van der Waals surface area (Å²) in [7, 11) is 0. The number of hydrogen-bond donors (Lipinski definition) is 1. The van der Waals surface area contributed by atoms with E-state index < -0.39 is 0 Å². The molecule has 17 heavy (non-hydrogen) atoms. The van der Waals surface area contributed by atoms with Gasteiger partial charge in [0.05, 0.1) is 0 Å². The van der Waals surface area contributed by atoms with Crippen molar-refractivity contribution in [3.63, 3.8) is 0 Å². The minimum absolute atomic E-state index is 0.465. The van der Waals surface area contributed by atoms with Crippen molar-refractivity contribution in [2.24, 2.45) is 5.41 Å². The van der Waals surface area contributed by atoms with Crippen LogP contribution in [0, 0.1) is 5.41 Å². The maximum atomic E-state index is 4.15. The lowest BCUT2D eigenvalue weighted by molar-refractivity contribution is 0.169. The van der Waals surface area contributed by atoms with Crippen LogP contribution in [0.15, 0.2) is 24.5 Å². The number of hydrogen-bond acceptors (Lipinski definition) is 2. The molecule has 0 aromatic carbocycles. The van der Waals surface area contributed by atoms with Crippen molar-refractivity contribution in [2.45, 2.75) is 52.0 Å². The first-order valence-electron chi connectivity index (χ1n) is 6.81. The molecule has 1 unspecified atom stereocenters. The van der Waals surface area contributed by atoms with E-state index in [-0.39, 0.29) is 0 Å². The zero-order chi connectivity index (χ0) is 12.1. The van der Waals surface area contributed by atoms with Gasteiger partial charge in [0.1, 0.15) is 0 Å². The molecule has 2 nitrogen and oxygen atoms in total. The standard InChI is InChI=1S/C15H24N2/c1-15(2)9-4-3-7-14(15)17-11-8-13-6-5-10-16-12-13/h5-6,10,12,14,17H,3-4,7-9,11H2,1-2H3. The Labute approximate surface area is 105 Å². The van der Waals surface area contributed by atoms with Gasteiger partial charge in [-0.3, -0.25) is 4.98 Å². The van der Waals surface area contributed by atoms with Gasteiger partial charge < -0.3 is 5.32 Å². The second-order valence-electron chi connectivity index (χ2n) is 5.85. The SMILES string of the molecule is CC1(C)CCCCC1NCCc1cccnc1. The van der Waals surface area contributed by atoms with E-state index in [9.17, 15) is 0 Å². The monoisotopic (exact) mass is 232 g/mol. The molecule has 1 aliphatic carbocycles. The Morgan fingerprint density at radius 3 is 3.00 bits per heavy atom. The third-order valence-electron chi connectivity index (χ3n) is 4.03. The van der Waals surface area contributed by atoms with Gasteiger partial charge in [0, 0.05) is 18.4 Å². The van der Waals surface area contributed by atoms with Crippen LogP contribution in [0.1, 0.15) is 45.1 Å². The van der Waals surface area contributed by atoms with Crippen LogP contribution in [0.25, 0.3) is 0 Å². The molecule has 1 N–H and O–H groups in total. The fourth-order valence-corrected chi connectivity index (χ4v) is 2.81. The first-order chi connectivity index (χ1) is 8.18. The molecule has 94 valence electrons.